The van der Waals surface area contributed by atoms with Gasteiger partial charge in [0.1, 0.15) is 6.54 Å². The maximum Gasteiger partial charge on any atom is 0.240 e. The number of aromatic amines is 1. The fourth-order valence-corrected chi connectivity index (χ4v) is 1.20. The molecule has 1 rings (SSSR count). The molecule has 0 fully saturated rings. The number of hydrogen-bond acceptors (Lipinski definition) is 4. The SMILES string of the molecule is CC(C)NC(=O)Cn1c(N)n[nH]c1=S. The Morgan fingerprint density at radius 3 is 2.86 bits per heavy atom. The first-order valence-electron chi connectivity index (χ1n) is 4.20. The molecule has 0 spiro atoms. The van der Waals surface area contributed by atoms with E-state index in [9.17, 15) is 4.79 Å². The summed E-state index contributed by atoms with van der Waals surface area (Å²) in [7, 11) is 0. The molecule has 1 aromatic rings. The molecule has 6 nitrogen and oxygen atoms in total. The van der Waals surface area contributed by atoms with Gasteiger partial charge in [-0.3, -0.25) is 9.36 Å². The van der Waals surface area contributed by atoms with Gasteiger partial charge in [-0.2, -0.15) is 0 Å². The average molecular weight is 215 g/mol. The molecule has 0 aliphatic carbocycles. The first kappa shape index (κ1) is 10.7. The van der Waals surface area contributed by atoms with Crippen LogP contribution < -0.4 is 11.1 Å². The van der Waals surface area contributed by atoms with E-state index in [4.69, 9.17) is 18.0 Å². The minimum Gasteiger partial charge on any atom is -0.368 e. The fraction of sp³-hybridized carbons (Fsp3) is 0.571. The summed E-state index contributed by atoms with van der Waals surface area (Å²) < 4.78 is 1.79. The Bertz CT molecular complexity index is 380. The third-order valence-corrected chi connectivity index (χ3v) is 1.85. The second kappa shape index (κ2) is 4.23. The van der Waals surface area contributed by atoms with Crippen LogP contribution in [0.2, 0.25) is 0 Å². The lowest BCUT2D eigenvalue weighted by Crippen LogP contribution is -2.33. The first-order valence-corrected chi connectivity index (χ1v) is 4.61. The Labute approximate surface area is 86.5 Å². The van der Waals surface area contributed by atoms with Crippen molar-refractivity contribution in [1.82, 2.24) is 20.1 Å². The lowest BCUT2D eigenvalue weighted by atomic mass is 10.4. The molecule has 4 N–H and O–H groups in total. The molecule has 1 heterocycles. The number of aromatic nitrogens is 3. The highest BCUT2D eigenvalue weighted by Gasteiger charge is 2.08. The van der Waals surface area contributed by atoms with Gasteiger partial charge < -0.3 is 11.1 Å². The highest BCUT2D eigenvalue weighted by Crippen LogP contribution is 1.98. The van der Waals surface area contributed by atoms with Gasteiger partial charge in [0.05, 0.1) is 0 Å². The van der Waals surface area contributed by atoms with Crippen LogP contribution in [0.25, 0.3) is 0 Å². The van der Waals surface area contributed by atoms with E-state index in [1.165, 1.54) is 4.57 Å². The summed E-state index contributed by atoms with van der Waals surface area (Å²) in [6.07, 6.45) is 0. The Hall–Kier alpha value is -1.37. The van der Waals surface area contributed by atoms with E-state index in [1.54, 1.807) is 0 Å². The average Bonchev–Trinajstić information content (AvgIpc) is 2.34. The molecule has 1 amide bonds. The van der Waals surface area contributed by atoms with E-state index in [2.05, 4.69) is 15.5 Å². The van der Waals surface area contributed by atoms with Gasteiger partial charge in [0.25, 0.3) is 0 Å². The Balaban J connectivity index is 2.69. The van der Waals surface area contributed by atoms with Crippen LogP contribution >= 0.6 is 12.2 Å². The van der Waals surface area contributed by atoms with Crippen LogP contribution in [-0.4, -0.2) is 26.7 Å². The molecule has 0 bridgehead atoms. The second-order valence-electron chi connectivity index (χ2n) is 3.20. The van der Waals surface area contributed by atoms with Gasteiger partial charge >= 0.3 is 0 Å². The van der Waals surface area contributed by atoms with Crippen molar-refractivity contribution < 1.29 is 4.79 Å². The summed E-state index contributed by atoms with van der Waals surface area (Å²) in [5.74, 6) is 0.0816. The number of carbonyl (C=O) groups is 1. The third-order valence-electron chi connectivity index (χ3n) is 1.54. The smallest absolute Gasteiger partial charge is 0.240 e. The molecular weight excluding hydrogens is 202 g/mol. The van der Waals surface area contributed by atoms with E-state index < -0.39 is 0 Å². The van der Waals surface area contributed by atoms with Crippen molar-refractivity contribution in [2.75, 3.05) is 5.73 Å². The largest absolute Gasteiger partial charge is 0.368 e. The number of carbonyl (C=O) groups excluding carboxylic acids is 1. The molecule has 1 aromatic heterocycles. The molecule has 0 saturated heterocycles. The zero-order valence-corrected chi connectivity index (χ0v) is 8.89. The number of amides is 1. The fourth-order valence-electron chi connectivity index (χ4n) is 0.994. The number of H-pyrrole nitrogens is 1. The van der Waals surface area contributed by atoms with Crippen molar-refractivity contribution in [3.63, 3.8) is 0 Å². The normalized spacial score (nSPS) is 10.5. The second-order valence-corrected chi connectivity index (χ2v) is 3.58. The number of hydrogen-bond donors (Lipinski definition) is 3. The molecule has 0 radical (unpaired) electrons. The van der Waals surface area contributed by atoms with Crippen molar-refractivity contribution in [1.29, 1.82) is 0 Å². The van der Waals surface area contributed by atoms with Gasteiger partial charge in [-0.25, -0.2) is 5.10 Å². The Kier molecular flexibility index (Phi) is 3.23. The number of anilines is 1. The van der Waals surface area contributed by atoms with Crippen LogP contribution in [0.5, 0.6) is 0 Å². The predicted octanol–water partition coefficient (Wildman–Crippen LogP) is 0.0475. The molecule has 7 heteroatoms. The van der Waals surface area contributed by atoms with Crippen molar-refractivity contribution in [2.45, 2.75) is 26.4 Å². The number of nitrogens with zero attached hydrogens (tertiary/aromatic N) is 2. The quantitative estimate of drug-likeness (QED) is 0.621. The number of nitrogens with one attached hydrogen (secondary N) is 2. The maximum atomic E-state index is 11.3. The first-order chi connectivity index (χ1) is 6.50. The van der Waals surface area contributed by atoms with Crippen molar-refractivity contribution >= 4 is 24.1 Å². The summed E-state index contributed by atoms with van der Waals surface area (Å²) in [6.45, 7) is 3.87. The van der Waals surface area contributed by atoms with E-state index in [0.717, 1.165) is 0 Å². The van der Waals surface area contributed by atoms with E-state index in [1.807, 2.05) is 13.8 Å². The number of rotatable bonds is 3. The number of nitrogen functional groups attached to an aromatic ring is 1. The van der Waals surface area contributed by atoms with Crippen molar-refractivity contribution in [2.24, 2.45) is 0 Å². The summed E-state index contributed by atoms with van der Waals surface area (Å²) in [6, 6.07) is 0.102. The summed E-state index contributed by atoms with van der Waals surface area (Å²) in [5.41, 5.74) is 5.49. The third kappa shape index (κ3) is 2.56. The van der Waals surface area contributed by atoms with Gasteiger partial charge in [0.2, 0.25) is 11.9 Å². The summed E-state index contributed by atoms with van der Waals surface area (Å²) in [5, 5.41) is 8.93. The Morgan fingerprint density at radius 1 is 1.79 bits per heavy atom. The van der Waals surface area contributed by atoms with Crippen molar-refractivity contribution in [3.05, 3.63) is 4.77 Å². The van der Waals surface area contributed by atoms with Gasteiger partial charge in [0, 0.05) is 6.04 Å². The zero-order valence-electron chi connectivity index (χ0n) is 8.07. The highest BCUT2D eigenvalue weighted by molar-refractivity contribution is 7.71. The maximum absolute atomic E-state index is 11.3. The molecule has 0 aliphatic heterocycles. The van der Waals surface area contributed by atoms with E-state index >= 15 is 0 Å². The number of nitrogens with two attached hydrogens (primary N) is 1. The molecule has 14 heavy (non-hydrogen) atoms. The topological polar surface area (TPSA) is 88.7 Å². The van der Waals surface area contributed by atoms with Gasteiger partial charge in [-0.15, -0.1) is 5.10 Å². The zero-order chi connectivity index (χ0) is 10.7. The molecule has 0 aromatic carbocycles. The van der Waals surface area contributed by atoms with Crippen molar-refractivity contribution in [3.8, 4) is 0 Å². The molecule has 0 atom stereocenters. The predicted molar refractivity (Wildman–Crippen MR) is 55.1 cm³/mol. The minimum absolute atomic E-state index is 0.0966. The Morgan fingerprint density at radius 2 is 2.43 bits per heavy atom. The van der Waals surface area contributed by atoms with E-state index in [-0.39, 0.29) is 24.4 Å². The lowest BCUT2D eigenvalue weighted by molar-refractivity contribution is -0.122. The highest BCUT2D eigenvalue weighted by atomic mass is 32.1. The minimum atomic E-state index is -0.135. The molecular formula is C7H13N5OS. The van der Waals surface area contributed by atoms with Crippen LogP contribution in [-0.2, 0) is 11.3 Å². The van der Waals surface area contributed by atoms with Gasteiger partial charge in [-0.1, -0.05) is 0 Å². The van der Waals surface area contributed by atoms with Crippen LogP contribution in [0.15, 0.2) is 0 Å². The van der Waals surface area contributed by atoms with E-state index in [0.29, 0.717) is 4.77 Å². The van der Waals surface area contributed by atoms with Crippen LogP contribution in [0, 0.1) is 4.77 Å². The molecule has 78 valence electrons. The molecule has 0 aliphatic rings. The summed E-state index contributed by atoms with van der Waals surface area (Å²) in [4.78, 5) is 11.3. The molecule has 0 saturated carbocycles. The lowest BCUT2D eigenvalue weighted by Gasteiger charge is -2.08. The summed E-state index contributed by atoms with van der Waals surface area (Å²) >= 11 is 4.89. The van der Waals surface area contributed by atoms with Crippen LogP contribution in [0.1, 0.15) is 13.8 Å². The monoisotopic (exact) mass is 215 g/mol. The van der Waals surface area contributed by atoms with Gasteiger partial charge in [0.15, 0.2) is 4.77 Å². The molecule has 0 unspecified atom stereocenters. The van der Waals surface area contributed by atoms with Gasteiger partial charge in [-0.05, 0) is 26.1 Å². The standard InChI is InChI=1S/C7H13N5OS/c1-4(2)9-5(13)3-12-6(8)10-11-7(12)14/h4H,3H2,1-2H3,(H2,8,10)(H,9,13)(H,11,14). The van der Waals surface area contributed by atoms with Crippen LogP contribution in [0.4, 0.5) is 5.95 Å². The van der Waals surface area contributed by atoms with Crippen LogP contribution in [0.3, 0.4) is 0 Å².